The summed E-state index contributed by atoms with van der Waals surface area (Å²) >= 11 is 3.34. The summed E-state index contributed by atoms with van der Waals surface area (Å²) in [5, 5.41) is 8.25. The van der Waals surface area contributed by atoms with Crippen molar-refractivity contribution in [1.29, 1.82) is 0 Å². The molecule has 0 atom stereocenters. The zero-order valence-corrected chi connectivity index (χ0v) is 13.6. The van der Waals surface area contributed by atoms with Crippen molar-refractivity contribution in [3.63, 3.8) is 0 Å². The van der Waals surface area contributed by atoms with Crippen molar-refractivity contribution >= 4 is 31.6 Å². The Bertz CT molecular complexity index is 750. The molecular weight excluding hydrogens is 358 g/mol. The normalized spacial score (nSPS) is 11.2. The first kappa shape index (κ1) is 15.7. The molecule has 1 aromatic carbocycles. The predicted octanol–water partition coefficient (Wildman–Crippen LogP) is 2.11. The highest BCUT2D eigenvalue weighted by Crippen LogP contribution is 2.27. The van der Waals surface area contributed by atoms with Crippen LogP contribution in [0.4, 0.5) is 5.69 Å². The lowest BCUT2D eigenvalue weighted by Crippen LogP contribution is -2.13. The molecule has 1 aromatic heterocycles. The second-order valence-corrected chi connectivity index (χ2v) is 6.75. The third-order valence-corrected chi connectivity index (χ3v) is 4.09. The number of rotatable bonds is 5. The van der Waals surface area contributed by atoms with Crippen LogP contribution in [-0.4, -0.2) is 20.5 Å². The van der Waals surface area contributed by atoms with E-state index in [1.807, 2.05) is 6.07 Å². The second-order valence-electron chi connectivity index (χ2n) is 4.27. The molecule has 6 nitrogen and oxygen atoms in total. The number of benzene rings is 1. The van der Waals surface area contributed by atoms with Crippen LogP contribution in [0.2, 0.25) is 0 Å². The van der Waals surface area contributed by atoms with E-state index in [0.717, 1.165) is 10.0 Å². The molecule has 112 valence electrons. The zero-order valence-electron chi connectivity index (χ0n) is 11.2. The van der Waals surface area contributed by atoms with Crippen LogP contribution in [0.25, 0.3) is 0 Å². The monoisotopic (exact) mass is 371 g/mol. The van der Waals surface area contributed by atoms with Gasteiger partial charge in [-0.1, -0.05) is 0 Å². The van der Waals surface area contributed by atoms with Crippen LogP contribution in [0.1, 0.15) is 5.56 Å². The number of halogens is 1. The summed E-state index contributed by atoms with van der Waals surface area (Å²) in [6, 6.07) is 6.32. The fourth-order valence-corrected chi connectivity index (χ4v) is 2.70. The number of nitrogens with zero attached hydrogens (tertiary/aromatic N) is 1. The maximum Gasteiger partial charge on any atom is 0.238 e. The summed E-state index contributed by atoms with van der Waals surface area (Å²) in [6.07, 6.45) is 3.40. The van der Waals surface area contributed by atoms with Crippen LogP contribution < -0.4 is 15.2 Å². The number of methoxy groups -OCH3 is 1. The molecule has 1 heterocycles. The van der Waals surface area contributed by atoms with E-state index in [4.69, 9.17) is 9.88 Å². The van der Waals surface area contributed by atoms with Crippen molar-refractivity contribution in [3.8, 4) is 5.75 Å². The van der Waals surface area contributed by atoms with Crippen LogP contribution >= 0.6 is 15.9 Å². The van der Waals surface area contributed by atoms with Crippen molar-refractivity contribution in [3.05, 3.63) is 46.7 Å². The van der Waals surface area contributed by atoms with Gasteiger partial charge in [-0.3, -0.25) is 4.98 Å². The summed E-state index contributed by atoms with van der Waals surface area (Å²) < 4.78 is 28.9. The van der Waals surface area contributed by atoms with E-state index >= 15 is 0 Å². The fraction of sp³-hybridized carbons (Fsp3) is 0.154. The molecule has 2 aromatic rings. The van der Waals surface area contributed by atoms with Gasteiger partial charge in [0.25, 0.3) is 0 Å². The van der Waals surface area contributed by atoms with Crippen molar-refractivity contribution < 1.29 is 13.2 Å². The lowest BCUT2D eigenvalue weighted by atomic mass is 10.2. The van der Waals surface area contributed by atoms with E-state index in [-0.39, 0.29) is 4.90 Å². The lowest BCUT2D eigenvalue weighted by Gasteiger charge is -2.12. The minimum Gasteiger partial charge on any atom is -0.495 e. The molecule has 0 fully saturated rings. The van der Waals surface area contributed by atoms with Gasteiger partial charge in [-0.15, -0.1) is 0 Å². The van der Waals surface area contributed by atoms with E-state index in [9.17, 15) is 8.42 Å². The fourth-order valence-electron chi connectivity index (χ4n) is 1.75. The summed E-state index contributed by atoms with van der Waals surface area (Å²) in [5.41, 5.74) is 1.48. The second kappa shape index (κ2) is 6.42. The molecule has 0 bridgehead atoms. The SMILES string of the molecule is COc1ccc(S(N)(=O)=O)cc1NCc1cncc(Br)c1. The number of hydrogen-bond donors (Lipinski definition) is 2. The maximum atomic E-state index is 11.4. The molecule has 0 unspecified atom stereocenters. The molecular formula is C13H14BrN3O3S. The lowest BCUT2D eigenvalue weighted by molar-refractivity contribution is 0.416. The van der Waals surface area contributed by atoms with Gasteiger partial charge in [0.1, 0.15) is 5.75 Å². The average molecular weight is 372 g/mol. The van der Waals surface area contributed by atoms with Gasteiger partial charge in [0.05, 0.1) is 17.7 Å². The molecule has 2 rings (SSSR count). The number of hydrogen-bond acceptors (Lipinski definition) is 5. The topological polar surface area (TPSA) is 94.3 Å². The van der Waals surface area contributed by atoms with Crippen LogP contribution in [0, 0.1) is 0 Å². The van der Waals surface area contributed by atoms with E-state index < -0.39 is 10.0 Å². The van der Waals surface area contributed by atoms with Gasteiger partial charge in [0, 0.05) is 23.4 Å². The first-order valence-electron chi connectivity index (χ1n) is 5.94. The molecule has 21 heavy (non-hydrogen) atoms. The average Bonchev–Trinajstić information content (AvgIpc) is 2.44. The highest BCUT2D eigenvalue weighted by molar-refractivity contribution is 9.10. The quantitative estimate of drug-likeness (QED) is 0.839. The molecule has 0 radical (unpaired) electrons. The number of nitrogens with one attached hydrogen (secondary N) is 1. The predicted molar refractivity (Wildman–Crippen MR) is 83.6 cm³/mol. The number of anilines is 1. The smallest absolute Gasteiger partial charge is 0.238 e. The Kier molecular flexibility index (Phi) is 4.81. The minimum absolute atomic E-state index is 0.0261. The van der Waals surface area contributed by atoms with Crippen LogP contribution in [-0.2, 0) is 16.6 Å². The molecule has 0 aliphatic rings. The van der Waals surface area contributed by atoms with Gasteiger partial charge < -0.3 is 10.1 Å². The van der Waals surface area contributed by atoms with E-state index in [0.29, 0.717) is 18.0 Å². The molecule has 0 spiro atoms. The third kappa shape index (κ3) is 4.16. The minimum atomic E-state index is -3.76. The number of sulfonamides is 1. The number of primary sulfonamides is 1. The number of ether oxygens (including phenoxy) is 1. The Labute approximate surface area is 131 Å². The Morgan fingerprint density at radius 2 is 2.10 bits per heavy atom. The van der Waals surface area contributed by atoms with Crippen molar-refractivity contribution in [2.24, 2.45) is 5.14 Å². The molecule has 0 aliphatic heterocycles. The summed E-state index contributed by atoms with van der Waals surface area (Å²) in [7, 11) is -2.24. The van der Waals surface area contributed by atoms with E-state index in [2.05, 4.69) is 26.2 Å². The van der Waals surface area contributed by atoms with Gasteiger partial charge in [-0.2, -0.15) is 0 Å². The highest BCUT2D eigenvalue weighted by atomic mass is 79.9. The summed E-state index contributed by atoms with van der Waals surface area (Å²) in [4.78, 5) is 4.09. The Morgan fingerprint density at radius 3 is 2.71 bits per heavy atom. The van der Waals surface area contributed by atoms with Crippen molar-refractivity contribution in [2.75, 3.05) is 12.4 Å². The largest absolute Gasteiger partial charge is 0.495 e. The molecule has 8 heteroatoms. The van der Waals surface area contributed by atoms with Crippen molar-refractivity contribution in [1.82, 2.24) is 4.98 Å². The first-order chi connectivity index (χ1) is 9.90. The summed E-state index contributed by atoms with van der Waals surface area (Å²) in [5.74, 6) is 0.533. The van der Waals surface area contributed by atoms with Crippen molar-refractivity contribution in [2.45, 2.75) is 11.4 Å². The Morgan fingerprint density at radius 1 is 1.33 bits per heavy atom. The van der Waals surface area contributed by atoms with Gasteiger partial charge >= 0.3 is 0 Å². The Hall–Kier alpha value is -1.64. The van der Waals surface area contributed by atoms with Gasteiger partial charge in [0.2, 0.25) is 10.0 Å². The first-order valence-corrected chi connectivity index (χ1v) is 8.28. The van der Waals surface area contributed by atoms with E-state index in [1.54, 1.807) is 18.5 Å². The standard InChI is InChI=1S/C13H14BrN3O3S/c1-20-13-3-2-11(21(15,18)19)5-12(13)17-7-9-4-10(14)8-16-6-9/h2-6,8,17H,7H2,1H3,(H2,15,18,19). The van der Waals surface area contributed by atoms with Crippen LogP contribution in [0.5, 0.6) is 5.75 Å². The van der Waals surface area contributed by atoms with Crippen LogP contribution in [0.3, 0.4) is 0 Å². The zero-order chi connectivity index (χ0) is 15.5. The van der Waals surface area contributed by atoms with Gasteiger partial charge in [0.15, 0.2) is 0 Å². The maximum absolute atomic E-state index is 11.4. The molecule has 0 saturated carbocycles. The van der Waals surface area contributed by atoms with E-state index in [1.165, 1.54) is 19.2 Å². The molecule has 0 saturated heterocycles. The van der Waals surface area contributed by atoms with Gasteiger partial charge in [-0.25, -0.2) is 13.6 Å². The number of aromatic nitrogens is 1. The number of pyridine rings is 1. The molecule has 0 amide bonds. The summed E-state index contributed by atoms with van der Waals surface area (Å²) in [6.45, 7) is 0.469. The molecule has 3 N–H and O–H groups in total. The van der Waals surface area contributed by atoms with Crippen LogP contribution in [0.15, 0.2) is 46.0 Å². The Balaban J connectivity index is 2.25. The molecule has 0 aliphatic carbocycles. The highest BCUT2D eigenvalue weighted by Gasteiger charge is 2.12. The third-order valence-electron chi connectivity index (χ3n) is 2.74. The number of nitrogens with two attached hydrogens (primary N) is 1. The van der Waals surface area contributed by atoms with Gasteiger partial charge in [-0.05, 0) is 45.8 Å².